The van der Waals surface area contributed by atoms with Gasteiger partial charge in [0, 0.05) is 17.1 Å². The number of hydrogen-bond donors (Lipinski definition) is 0. The summed E-state index contributed by atoms with van der Waals surface area (Å²) in [4.78, 5) is 0. The fraction of sp³-hybridized carbons (Fsp3) is 0.529. The fourth-order valence-electron chi connectivity index (χ4n) is 3.06. The monoisotopic (exact) mass is 325 g/mol. The first-order valence-corrected chi connectivity index (χ1v) is 8.94. The van der Waals surface area contributed by atoms with Crippen LogP contribution in [0.2, 0.25) is 5.02 Å². The normalized spacial score (nSPS) is 30.5. The van der Waals surface area contributed by atoms with Crippen LogP contribution >= 0.6 is 11.6 Å². The van der Waals surface area contributed by atoms with Crippen molar-refractivity contribution in [3.05, 3.63) is 47.5 Å². The van der Waals surface area contributed by atoms with Crippen molar-refractivity contribution in [2.45, 2.75) is 56.9 Å². The quantitative estimate of drug-likeness (QED) is 0.722. The number of benzene rings is 1. The average molecular weight is 326 g/mol. The third-order valence-electron chi connectivity index (χ3n) is 4.21. The Morgan fingerprint density at radius 3 is 2.62 bits per heavy atom. The molecule has 4 heteroatoms. The van der Waals surface area contributed by atoms with Crippen LogP contribution in [-0.2, 0) is 11.0 Å². The number of halogens is 1. The van der Waals surface area contributed by atoms with Crippen molar-refractivity contribution in [1.29, 1.82) is 0 Å². The van der Waals surface area contributed by atoms with Crippen LogP contribution in [-0.4, -0.2) is 19.3 Å². The Morgan fingerprint density at radius 1 is 1.48 bits per heavy atom. The standard InChI is InChI=1S/C17H24ClNOS/c1-5-11-17(4)12-10-16(19(13(2)3)21(17)20)14-6-8-15(18)9-7-14/h5-9,13,16H,1,10-12H2,2-4H3/t16-,17-,21?/m0/s1. The SMILES string of the molecule is C=CC[C@@]1(C)CC[C@@H](c2ccc(Cl)cc2)N(C(C)C)S1=O. The van der Waals surface area contributed by atoms with Gasteiger partial charge >= 0.3 is 0 Å². The molecule has 1 aliphatic rings. The Hall–Kier alpha value is -0.640. The zero-order valence-corrected chi connectivity index (χ0v) is 14.6. The molecule has 0 N–H and O–H groups in total. The summed E-state index contributed by atoms with van der Waals surface area (Å²) in [6.45, 7) is 10.2. The third-order valence-corrected chi connectivity index (χ3v) is 6.73. The molecule has 0 bridgehead atoms. The van der Waals surface area contributed by atoms with Gasteiger partial charge in [0.25, 0.3) is 0 Å². The zero-order valence-electron chi connectivity index (χ0n) is 13.0. The molecule has 0 spiro atoms. The van der Waals surface area contributed by atoms with Crippen LogP contribution in [0.4, 0.5) is 0 Å². The van der Waals surface area contributed by atoms with Crippen LogP contribution in [0.25, 0.3) is 0 Å². The molecule has 1 saturated heterocycles. The van der Waals surface area contributed by atoms with Crippen molar-refractivity contribution in [1.82, 2.24) is 4.31 Å². The van der Waals surface area contributed by atoms with Crippen molar-refractivity contribution >= 4 is 22.6 Å². The fourth-order valence-corrected chi connectivity index (χ4v) is 5.08. The van der Waals surface area contributed by atoms with Gasteiger partial charge in [0.05, 0.1) is 4.75 Å². The molecule has 2 nitrogen and oxygen atoms in total. The topological polar surface area (TPSA) is 20.3 Å². The molecule has 0 amide bonds. The predicted molar refractivity (Wildman–Crippen MR) is 91.8 cm³/mol. The van der Waals surface area contributed by atoms with Crippen molar-refractivity contribution in [3.63, 3.8) is 0 Å². The number of nitrogens with zero attached hydrogens (tertiary/aromatic N) is 1. The molecule has 0 saturated carbocycles. The largest absolute Gasteiger partial charge is 0.242 e. The lowest BCUT2D eigenvalue weighted by Gasteiger charge is -2.45. The highest BCUT2D eigenvalue weighted by molar-refractivity contribution is 7.84. The van der Waals surface area contributed by atoms with Gasteiger partial charge in [0.1, 0.15) is 11.0 Å². The molecule has 2 rings (SSSR count). The van der Waals surface area contributed by atoms with E-state index in [0.717, 1.165) is 24.3 Å². The van der Waals surface area contributed by atoms with Crippen LogP contribution in [0.15, 0.2) is 36.9 Å². The van der Waals surface area contributed by atoms with Gasteiger partial charge in [-0.25, -0.2) is 8.51 Å². The minimum absolute atomic E-state index is 0.195. The first-order chi connectivity index (χ1) is 9.89. The number of allylic oxidation sites excluding steroid dienone is 1. The average Bonchev–Trinajstić information content (AvgIpc) is 2.43. The second-order valence-electron chi connectivity index (χ2n) is 6.25. The minimum atomic E-state index is -1.02. The highest BCUT2D eigenvalue weighted by Gasteiger charge is 2.43. The lowest BCUT2D eigenvalue weighted by Crippen LogP contribution is -2.50. The predicted octanol–water partition coefficient (Wildman–Crippen LogP) is 4.88. The van der Waals surface area contributed by atoms with Gasteiger partial charge in [-0.2, -0.15) is 0 Å². The Kier molecular flexibility index (Phi) is 5.29. The zero-order chi connectivity index (χ0) is 15.6. The second kappa shape index (κ2) is 6.64. The van der Waals surface area contributed by atoms with Gasteiger partial charge in [0.15, 0.2) is 0 Å². The van der Waals surface area contributed by atoms with Gasteiger partial charge in [-0.3, -0.25) is 0 Å². The molecule has 1 aliphatic heterocycles. The Labute approximate surface area is 135 Å². The summed E-state index contributed by atoms with van der Waals surface area (Å²) < 4.78 is 15.0. The summed E-state index contributed by atoms with van der Waals surface area (Å²) in [5.41, 5.74) is 1.20. The van der Waals surface area contributed by atoms with Gasteiger partial charge in [-0.05, 0) is 57.7 Å². The molecule has 0 aromatic heterocycles. The van der Waals surface area contributed by atoms with Gasteiger partial charge in [-0.15, -0.1) is 6.58 Å². The minimum Gasteiger partial charge on any atom is -0.242 e. The van der Waals surface area contributed by atoms with Gasteiger partial charge in [0.2, 0.25) is 0 Å². The van der Waals surface area contributed by atoms with Crippen LogP contribution in [0, 0.1) is 0 Å². The van der Waals surface area contributed by atoms with E-state index >= 15 is 0 Å². The summed E-state index contributed by atoms with van der Waals surface area (Å²) >= 11 is 5.98. The third kappa shape index (κ3) is 3.41. The molecule has 1 aromatic rings. The summed E-state index contributed by atoms with van der Waals surface area (Å²) in [5.74, 6) is 0. The van der Waals surface area contributed by atoms with E-state index in [-0.39, 0.29) is 16.8 Å². The van der Waals surface area contributed by atoms with Crippen molar-refractivity contribution < 1.29 is 4.21 Å². The highest BCUT2D eigenvalue weighted by atomic mass is 35.5. The molecule has 1 aromatic carbocycles. The second-order valence-corrected chi connectivity index (χ2v) is 8.59. The molecule has 0 aliphatic carbocycles. The molecular formula is C17H24ClNOS. The Bertz CT molecular complexity index is 528. The summed E-state index contributed by atoms with van der Waals surface area (Å²) in [6.07, 6.45) is 4.63. The maximum atomic E-state index is 13.1. The molecule has 21 heavy (non-hydrogen) atoms. The van der Waals surface area contributed by atoms with Crippen LogP contribution < -0.4 is 0 Å². The maximum Gasteiger partial charge on any atom is 0.101 e. The summed E-state index contributed by atoms with van der Waals surface area (Å²) in [6, 6.07) is 8.36. The van der Waals surface area contributed by atoms with E-state index in [0.29, 0.717) is 0 Å². The number of hydrogen-bond acceptors (Lipinski definition) is 1. The Morgan fingerprint density at radius 2 is 2.10 bits per heavy atom. The summed E-state index contributed by atoms with van der Waals surface area (Å²) in [5, 5.41) is 0.739. The first kappa shape index (κ1) is 16.7. The van der Waals surface area contributed by atoms with Crippen LogP contribution in [0.1, 0.15) is 51.6 Å². The smallest absolute Gasteiger partial charge is 0.101 e. The molecular weight excluding hydrogens is 302 g/mol. The van der Waals surface area contributed by atoms with E-state index in [9.17, 15) is 4.21 Å². The van der Waals surface area contributed by atoms with E-state index in [1.54, 1.807) is 0 Å². The van der Waals surface area contributed by atoms with E-state index < -0.39 is 11.0 Å². The first-order valence-electron chi connectivity index (χ1n) is 7.46. The van der Waals surface area contributed by atoms with E-state index in [4.69, 9.17) is 11.6 Å². The van der Waals surface area contributed by atoms with Crippen LogP contribution in [0.3, 0.4) is 0 Å². The van der Waals surface area contributed by atoms with Gasteiger partial charge < -0.3 is 0 Å². The van der Waals surface area contributed by atoms with E-state index in [1.807, 2.05) is 18.2 Å². The lowest BCUT2D eigenvalue weighted by molar-refractivity contribution is 0.235. The number of rotatable bonds is 4. The molecule has 1 heterocycles. The molecule has 116 valence electrons. The van der Waals surface area contributed by atoms with Crippen molar-refractivity contribution in [2.75, 3.05) is 0 Å². The summed E-state index contributed by atoms with van der Waals surface area (Å²) in [7, 11) is -1.02. The van der Waals surface area contributed by atoms with Crippen molar-refractivity contribution in [3.8, 4) is 0 Å². The Balaban J connectivity index is 2.34. The molecule has 3 atom stereocenters. The van der Waals surface area contributed by atoms with Crippen LogP contribution in [0.5, 0.6) is 0 Å². The highest BCUT2D eigenvalue weighted by Crippen LogP contribution is 2.42. The van der Waals surface area contributed by atoms with E-state index in [2.05, 4.69) is 43.8 Å². The van der Waals surface area contributed by atoms with Gasteiger partial charge in [-0.1, -0.05) is 29.8 Å². The molecule has 1 fully saturated rings. The van der Waals surface area contributed by atoms with E-state index in [1.165, 1.54) is 5.56 Å². The molecule has 0 radical (unpaired) electrons. The van der Waals surface area contributed by atoms with Crippen molar-refractivity contribution in [2.24, 2.45) is 0 Å². The maximum absolute atomic E-state index is 13.1. The molecule has 1 unspecified atom stereocenters. The lowest BCUT2D eigenvalue weighted by atomic mass is 9.93.